The van der Waals surface area contributed by atoms with Crippen molar-refractivity contribution in [1.82, 2.24) is 0 Å². The number of benzene rings is 1. The SMILES string of the molecule is CC1CCCC(C(O)Cc2ccc(Cl)cc2F)C1. The fourth-order valence-corrected chi connectivity index (χ4v) is 3.07. The Morgan fingerprint density at radius 3 is 2.89 bits per heavy atom. The van der Waals surface area contributed by atoms with Crippen molar-refractivity contribution < 1.29 is 9.50 Å². The van der Waals surface area contributed by atoms with Crippen LogP contribution in [0.1, 0.15) is 38.2 Å². The second kappa shape index (κ2) is 6.03. The second-order valence-electron chi connectivity index (χ2n) is 5.54. The van der Waals surface area contributed by atoms with E-state index in [1.54, 1.807) is 12.1 Å². The van der Waals surface area contributed by atoms with Crippen LogP contribution in [0.15, 0.2) is 18.2 Å². The maximum absolute atomic E-state index is 13.7. The van der Waals surface area contributed by atoms with Gasteiger partial charge < -0.3 is 5.11 Å². The summed E-state index contributed by atoms with van der Waals surface area (Å²) in [5, 5.41) is 10.6. The van der Waals surface area contributed by atoms with Crippen molar-refractivity contribution in [1.29, 1.82) is 0 Å². The third kappa shape index (κ3) is 3.46. The third-order valence-electron chi connectivity index (χ3n) is 3.97. The average Bonchev–Trinajstić information content (AvgIpc) is 2.32. The van der Waals surface area contributed by atoms with E-state index < -0.39 is 6.10 Å². The van der Waals surface area contributed by atoms with Gasteiger partial charge in [0.05, 0.1) is 6.10 Å². The average molecular weight is 271 g/mol. The van der Waals surface area contributed by atoms with E-state index in [0.29, 0.717) is 28.8 Å². The van der Waals surface area contributed by atoms with Crippen molar-refractivity contribution in [2.45, 2.75) is 45.1 Å². The molecule has 1 fully saturated rings. The molecule has 18 heavy (non-hydrogen) atoms. The zero-order valence-electron chi connectivity index (χ0n) is 10.7. The number of hydrogen-bond donors (Lipinski definition) is 1. The maximum Gasteiger partial charge on any atom is 0.127 e. The van der Waals surface area contributed by atoms with Crippen LogP contribution in [0, 0.1) is 17.7 Å². The lowest BCUT2D eigenvalue weighted by Gasteiger charge is -2.30. The minimum Gasteiger partial charge on any atom is -0.392 e. The minimum atomic E-state index is -0.441. The molecule has 0 bridgehead atoms. The van der Waals surface area contributed by atoms with Crippen LogP contribution in [0.5, 0.6) is 0 Å². The Labute approximate surface area is 113 Å². The number of hydrogen-bond acceptors (Lipinski definition) is 1. The lowest BCUT2D eigenvalue weighted by Crippen LogP contribution is -2.27. The van der Waals surface area contributed by atoms with Gasteiger partial charge in [-0.25, -0.2) is 4.39 Å². The lowest BCUT2D eigenvalue weighted by atomic mass is 9.78. The molecule has 3 unspecified atom stereocenters. The van der Waals surface area contributed by atoms with Crippen LogP contribution in [0.25, 0.3) is 0 Å². The van der Waals surface area contributed by atoms with Crippen LogP contribution < -0.4 is 0 Å². The molecule has 1 aromatic carbocycles. The zero-order chi connectivity index (χ0) is 13.1. The molecule has 0 heterocycles. The van der Waals surface area contributed by atoms with Crippen LogP contribution in [-0.2, 0) is 6.42 Å². The predicted octanol–water partition coefficient (Wildman–Crippen LogP) is 4.21. The summed E-state index contributed by atoms with van der Waals surface area (Å²) in [6.45, 7) is 2.22. The molecule has 3 atom stereocenters. The number of halogens is 2. The summed E-state index contributed by atoms with van der Waals surface area (Å²) >= 11 is 5.72. The van der Waals surface area contributed by atoms with E-state index in [1.807, 2.05) is 0 Å². The van der Waals surface area contributed by atoms with Crippen molar-refractivity contribution in [2.75, 3.05) is 0 Å². The second-order valence-corrected chi connectivity index (χ2v) is 5.98. The van der Waals surface area contributed by atoms with Gasteiger partial charge >= 0.3 is 0 Å². The Balaban J connectivity index is 1.99. The normalized spacial score (nSPS) is 26.0. The van der Waals surface area contributed by atoms with E-state index in [0.717, 1.165) is 12.8 Å². The van der Waals surface area contributed by atoms with E-state index >= 15 is 0 Å². The van der Waals surface area contributed by atoms with E-state index in [-0.39, 0.29) is 5.82 Å². The van der Waals surface area contributed by atoms with Gasteiger partial charge in [0, 0.05) is 11.4 Å². The van der Waals surface area contributed by atoms with Gasteiger partial charge in [-0.1, -0.05) is 37.4 Å². The van der Waals surface area contributed by atoms with Crippen molar-refractivity contribution >= 4 is 11.6 Å². The molecule has 1 aliphatic rings. The largest absolute Gasteiger partial charge is 0.392 e. The Bertz CT molecular complexity index is 407. The molecule has 0 amide bonds. The van der Waals surface area contributed by atoms with Crippen LogP contribution in [0.3, 0.4) is 0 Å². The van der Waals surface area contributed by atoms with Crippen molar-refractivity contribution in [3.63, 3.8) is 0 Å². The quantitative estimate of drug-likeness (QED) is 0.872. The van der Waals surface area contributed by atoms with E-state index in [9.17, 15) is 9.50 Å². The smallest absolute Gasteiger partial charge is 0.127 e. The summed E-state index contributed by atoms with van der Waals surface area (Å²) in [5.74, 6) is 0.669. The van der Waals surface area contributed by atoms with Gasteiger partial charge in [-0.05, 0) is 42.4 Å². The van der Waals surface area contributed by atoms with Crippen molar-refractivity contribution in [3.05, 3.63) is 34.6 Å². The Kier molecular flexibility index (Phi) is 4.63. The molecule has 0 spiro atoms. The number of aliphatic hydroxyl groups is 1. The van der Waals surface area contributed by atoms with Gasteiger partial charge in [-0.3, -0.25) is 0 Å². The lowest BCUT2D eigenvalue weighted by molar-refractivity contribution is 0.0713. The molecule has 1 nitrogen and oxygen atoms in total. The Morgan fingerprint density at radius 2 is 2.22 bits per heavy atom. The summed E-state index contributed by atoms with van der Waals surface area (Å²) in [6.07, 6.45) is 4.48. The molecule has 100 valence electrons. The summed E-state index contributed by atoms with van der Waals surface area (Å²) in [6, 6.07) is 4.66. The fraction of sp³-hybridized carbons (Fsp3) is 0.600. The summed E-state index contributed by atoms with van der Waals surface area (Å²) < 4.78 is 13.7. The van der Waals surface area contributed by atoms with Crippen molar-refractivity contribution in [2.24, 2.45) is 11.8 Å². The number of rotatable bonds is 3. The first kappa shape index (κ1) is 13.8. The third-order valence-corrected chi connectivity index (χ3v) is 4.20. The molecule has 0 aliphatic heterocycles. The number of aliphatic hydroxyl groups excluding tert-OH is 1. The van der Waals surface area contributed by atoms with Gasteiger partial charge in [-0.15, -0.1) is 0 Å². The van der Waals surface area contributed by atoms with Gasteiger partial charge in [0.1, 0.15) is 5.82 Å². The molecule has 1 aliphatic carbocycles. The van der Waals surface area contributed by atoms with Gasteiger partial charge in [0.25, 0.3) is 0 Å². The fourth-order valence-electron chi connectivity index (χ4n) is 2.91. The summed E-state index contributed by atoms with van der Waals surface area (Å²) in [4.78, 5) is 0. The topological polar surface area (TPSA) is 20.2 Å². The molecule has 0 aromatic heterocycles. The molecule has 2 rings (SSSR count). The van der Waals surface area contributed by atoms with E-state index in [1.165, 1.54) is 18.9 Å². The minimum absolute atomic E-state index is 0.309. The molecule has 1 saturated carbocycles. The van der Waals surface area contributed by atoms with E-state index in [4.69, 9.17) is 11.6 Å². The highest BCUT2D eigenvalue weighted by atomic mass is 35.5. The molecule has 1 N–H and O–H groups in total. The van der Waals surface area contributed by atoms with Gasteiger partial charge in [0.15, 0.2) is 0 Å². The molecule has 1 aromatic rings. The van der Waals surface area contributed by atoms with Gasteiger partial charge in [-0.2, -0.15) is 0 Å². The molecular weight excluding hydrogens is 251 g/mol. The highest BCUT2D eigenvalue weighted by Gasteiger charge is 2.25. The first-order valence-corrected chi connectivity index (χ1v) is 7.06. The highest BCUT2D eigenvalue weighted by molar-refractivity contribution is 6.30. The van der Waals surface area contributed by atoms with Crippen LogP contribution in [-0.4, -0.2) is 11.2 Å². The maximum atomic E-state index is 13.7. The monoisotopic (exact) mass is 270 g/mol. The highest BCUT2D eigenvalue weighted by Crippen LogP contribution is 2.32. The molecular formula is C15H20ClFO. The first-order chi connectivity index (χ1) is 8.56. The Morgan fingerprint density at radius 1 is 1.44 bits per heavy atom. The molecule has 0 radical (unpaired) electrons. The van der Waals surface area contributed by atoms with Crippen molar-refractivity contribution in [3.8, 4) is 0 Å². The Hall–Kier alpha value is -0.600. The summed E-state index contributed by atoms with van der Waals surface area (Å²) in [7, 11) is 0. The van der Waals surface area contributed by atoms with E-state index in [2.05, 4.69) is 6.92 Å². The first-order valence-electron chi connectivity index (χ1n) is 6.68. The molecule has 0 saturated heterocycles. The van der Waals surface area contributed by atoms with Crippen LogP contribution >= 0.6 is 11.6 Å². The standard InChI is InChI=1S/C15H20ClFO/c1-10-3-2-4-12(7-10)15(18)8-11-5-6-13(16)9-14(11)17/h5-6,9-10,12,15,18H,2-4,7-8H2,1H3. The van der Waals surface area contributed by atoms with Crippen LogP contribution in [0.2, 0.25) is 5.02 Å². The predicted molar refractivity (Wildman–Crippen MR) is 72.2 cm³/mol. The molecule has 3 heteroatoms. The summed E-state index contributed by atoms with van der Waals surface area (Å²) in [5.41, 5.74) is 0.560. The zero-order valence-corrected chi connectivity index (χ0v) is 11.5. The van der Waals surface area contributed by atoms with Gasteiger partial charge in [0.2, 0.25) is 0 Å². The van der Waals surface area contributed by atoms with Crippen LogP contribution in [0.4, 0.5) is 4.39 Å².